The van der Waals surface area contributed by atoms with Crippen molar-refractivity contribution in [1.82, 2.24) is 0 Å². The van der Waals surface area contributed by atoms with Gasteiger partial charge in [0.1, 0.15) is 16.9 Å². The SMILES string of the molecule is CCCOC(C)(C)C(=O)Nc1ccc(OC(C)CC)c(C(=O)OC)c1. The number of anilines is 1. The van der Waals surface area contributed by atoms with Gasteiger partial charge in [0.2, 0.25) is 0 Å². The Bertz CT molecular complexity index is 597. The molecule has 0 aliphatic carbocycles. The number of methoxy groups -OCH3 is 1. The second kappa shape index (κ2) is 9.42. The number of carbonyl (C=O) groups is 2. The highest BCUT2D eigenvalue weighted by molar-refractivity contribution is 5.99. The van der Waals surface area contributed by atoms with Gasteiger partial charge in [0.15, 0.2) is 0 Å². The molecule has 1 rings (SSSR count). The van der Waals surface area contributed by atoms with E-state index in [-0.39, 0.29) is 17.6 Å². The van der Waals surface area contributed by atoms with E-state index in [1.807, 2.05) is 20.8 Å². The highest BCUT2D eigenvalue weighted by Crippen LogP contribution is 2.26. The fourth-order valence-electron chi connectivity index (χ4n) is 1.98. The summed E-state index contributed by atoms with van der Waals surface area (Å²) in [7, 11) is 1.31. The summed E-state index contributed by atoms with van der Waals surface area (Å²) in [6.45, 7) is 9.81. The maximum atomic E-state index is 12.4. The van der Waals surface area contributed by atoms with Gasteiger partial charge in [0.25, 0.3) is 5.91 Å². The first-order valence-corrected chi connectivity index (χ1v) is 8.59. The average Bonchev–Trinajstić information content (AvgIpc) is 2.60. The third-order valence-corrected chi connectivity index (χ3v) is 3.76. The average molecular weight is 351 g/mol. The van der Waals surface area contributed by atoms with Crippen LogP contribution in [-0.2, 0) is 14.3 Å². The summed E-state index contributed by atoms with van der Waals surface area (Å²) in [6.07, 6.45) is 1.60. The van der Waals surface area contributed by atoms with Crippen LogP contribution < -0.4 is 10.1 Å². The van der Waals surface area contributed by atoms with Crippen molar-refractivity contribution >= 4 is 17.6 Å². The Morgan fingerprint density at radius 3 is 2.48 bits per heavy atom. The lowest BCUT2D eigenvalue weighted by Gasteiger charge is -2.24. The van der Waals surface area contributed by atoms with Crippen molar-refractivity contribution in [1.29, 1.82) is 0 Å². The summed E-state index contributed by atoms with van der Waals surface area (Å²) < 4.78 is 16.1. The molecule has 0 bridgehead atoms. The molecular formula is C19H29NO5. The summed E-state index contributed by atoms with van der Waals surface area (Å²) in [6, 6.07) is 4.91. The first-order chi connectivity index (χ1) is 11.7. The molecule has 6 heteroatoms. The number of rotatable bonds is 9. The maximum Gasteiger partial charge on any atom is 0.341 e. The van der Waals surface area contributed by atoms with Crippen LogP contribution >= 0.6 is 0 Å². The molecule has 0 saturated heterocycles. The van der Waals surface area contributed by atoms with Gasteiger partial charge in [-0.25, -0.2) is 4.79 Å². The molecule has 1 aromatic carbocycles. The topological polar surface area (TPSA) is 73.9 Å². The zero-order valence-corrected chi connectivity index (χ0v) is 16.0. The second-order valence-corrected chi connectivity index (χ2v) is 6.35. The highest BCUT2D eigenvalue weighted by Gasteiger charge is 2.28. The number of ether oxygens (including phenoxy) is 3. The molecule has 0 spiro atoms. The van der Waals surface area contributed by atoms with Gasteiger partial charge in [0, 0.05) is 12.3 Å². The summed E-state index contributed by atoms with van der Waals surface area (Å²) >= 11 is 0. The van der Waals surface area contributed by atoms with Crippen LogP contribution in [0.2, 0.25) is 0 Å². The number of nitrogens with one attached hydrogen (secondary N) is 1. The fourth-order valence-corrected chi connectivity index (χ4v) is 1.98. The van der Waals surface area contributed by atoms with Crippen molar-refractivity contribution in [3.05, 3.63) is 23.8 Å². The Kier molecular flexibility index (Phi) is 7.90. The van der Waals surface area contributed by atoms with Gasteiger partial charge in [-0.3, -0.25) is 4.79 Å². The molecule has 0 radical (unpaired) electrons. The summed E-state index contributed by atoms with van der Waals surface area (Å²) in [5.41, 5.74) is -0.212. The first kappa shape index (κ1) is 21.0. The predicted molar refractivity (Wildman–Crippen MR) is 97.1 cm³/mol. The van der Waals surface area contributed by atoms with E-state index in [4.69, 9.17) is 14.2 Å². The molecule has 1 unspecified atom stereocenters. The van der Waals surface area contributed by atoms with Crippen molar-refractivity contribution in [2.45, 2.75) is 59.2 Å². The van der Waals surface area contributed by atoms with E-state index in [0.29, 0.717) is 18.0 Å². The van der Waals surface area contributed by atoms with Gasteiger partial charge < -0.3 is 19.5 Å². The predicted octanol–water partition coefficient (Wildman–Crippen LogP) is 3.79. The molecule has 1 atom stereocenters. The Labute approximate surface area is 149 Å². The molecule has 25 heavy (non-hydrogen) atoms. The Hall–Kier alpha value is -2.08. The standard InChI is InChI=1S/C19H29NO5/c1-7-11-24-19(4,5)18(22)20-14-9-10-16(25-13(3)8-2)15(12-14)17(21)23-6/h9-10,12-13H,7-8,11H2,1-6H3,(H,20,22). The summed E-state index contributed by atoms with van der Waals surface area (Å²) in [5.74, 6) is -0.371. The minimum Gasteiger partial charge on any atom is -0.490 e. The minimum atomic E-state index is -0.965. The van der Waals surface area contributed by atoms with Crippen LogP contribution in [0.25, 0.3) is 0 Å². The zero-order chi connectivity index (χ0) is 19.0. The molecule has 1 N–H and O–H groups in total. The van der Waals surface area contributed by atoms with Crippen molar-refractivity contribution in [3.63, 3.8) is 0 Å². The quantitative estimate of drug-likeness (QED) is 0.685. The van der Waals surface area contributed by atoms with Gasteiger partial charge in [-0.1, -0.05) is 13.8 Å². The van der Waals surface area contributed by atoms with Crippen LogP contribution in [0.4, 0.5) is 5.69 Å². The Morgan fingerprint density at radius 1 is 1.24 bits per heavy atom. The monoisotopic (exact) mass is 351 g/mol. The van der Waals surface area contributed by atoms with Crippen LogP contribution in [0.1, 0.15) is 57.8 Å². The lowest BCUT2D eigenvalue weighted by atomic mass is 10.1. The highest BCUT2D eigenvalue weighted by atomic mass is 16.5. The molecule has 0 aromatic heterocycles. The van der Waals surface area contributed by atoms with E-state index in [1.165, 1.54) is 7.11 Å². The molecule has 0 heterocycles. The molecule has 1 aromatic rings. The minimum absolute atomic E-state index is 0.0368. The number of hydrogen-bond donors (Lipinski definition) is 1. The van der Waals surface area contributed by atoms with Crippen LogP contribution in [-0.4, -0.2) is 37.3 Å². The molecule has 6 nitrogen and oxygen atoms in total. The van der Waals surface area contributed by atoms with Crippen LogP contribution in [0.15, 0.2) is 18.2 Å². The Balaban J connectivity index is 3.01. The lowest BCUT2D eigenvalue weighted by Crippen LogP contribution is -2.40. The van der Waals surface area contributed by atoms with Crippen molar-refractivity contribution < 1.29 is 23.8 Å². The molecule has 0 aliphatic rings. The van der Waals surface area contributed by atoms with E-state index in [0.717, 1.165) is 12.8 Å². The second-order valence-electron chi connectivity index (χ2n) is 6.35. The van der Waals surface area contributed by atoms with Gasteiger partial charge in [-0.05, 0) is 51.8 Å². The fraction of sp³-hybridized carbons (Fsp3) is 0.579. The molecule has 0 aliphatic heterocycles. The number of benzene rings is 1. The maximum absolute atomic E-state index is 12.4. The van der Waals surface area contributed by atoms with Crippen molar-refractivity contribution in [3.8, 4) is 5.75 Å². The number of amides is 1. The summed E-state index contributed by atoms with van der Waals surface area (Å²) in [4.78, 5) is 24.5. The van der Waals surface area contributed by atoms with Crippen LogP contribution in [0.3, 0.4) is 0 Å². The van der Waals surface area contributed by atoms with Crippen LogP contribution in [0, 0.1) is 0 Å². The molecule has 1 amide bonds. The molecule has 0 fully saturated rings. The zero-order valence-electron chi connectivity index (χ0n) is 16.0. The smallest absolute Gasteiger partial charge is 0.341 e. The third kappa shape index (κ3) is 6.05. The number of hydrogen-bond acceptors (Lipinski definition) is 5. The first-order valence-electron chi connectivity index (χ1n) is 8.59. The van der Waals surface area contributed by atoms with Gasteiger partial charge >= 0.3 is 5.97 Å². The normalized spacial score (nSPS) is 12.4. The van der Waals surface area contributed by atoms with E-state index in [2.05, 4.69) is 5.32 Å². The van der Waals surface area contributed by atoms with Crippen molar-refractivity contribution in [2.24, 2.45) is 0 Å². The van der Waals surface area contributed by atoms with Crippen LogP contribution in [0.5, 0.6) is 5.75 Å². The van der Waals surface area contributed by atoms with Crippen molar-refractivity contribution in [2.75, 3.05) is 19.0 Å². The molecular weight excluding hydrogens is 322 g/mol. The van der Waals surface area contributed by atoms with E-state index in [9.17, 15) is 9.59 Å². The summed E-state index contributed by atoms with van der Waals surface area (Å²) in [5, 5.41) is 2.78. The van der Waals surface area contributed by atoms with E-state index >= 15 is 0 Å². The van der Waals surface area contributed by atoms with E-state index in [1.54, 1.807) is 32.0 Å². The van der Waals surface area contributed by atoms with E-state index < -0.39 is 11.6 Å². The number of carbonyl (C=O) groups excluding carboxylic acids is 2. The molecule has 140 valence electrons. The van der Waals surface area contributed by atoms with Gasteiger partial charge in [-0.15, -0.1) is 0 Å². The lowest BCUT2D eigenvalue weighted by molar-refractivity contribution is -0.137. The van der Waals surface area contributed by atoms with Gasteiger partial charge in [-0.2, -0.15) is 0 Å². The van der Waals surface area contributed by atoms with Gasteiger partial charge in [0.05, 0.1) is 13.2 Å². The largest absolute Gasteiger partial charge is 0.490 e. The number of esters is 1. The molecule has 0 saturated carbocycles. The third-order valence-electron chi connectivity index (χ3n) is 3.76. The Morgan fingerprint density at radius 2 is 1.92 bits per heavy atom.